The molecule has 0 fully saturated rings. The Bertz CT molecular complexity index is 1170. The summed E-state index contributed by atoms with van der Waals surface area (Å²) in [6.45, 7) is 5.85. The molecule has 180 valence electrons. The molecule has 0 saturated carbocycles. The van der Waals surface area contributed by atoms with Gasteiger partial charge >= 0.3 is 0 Å². The highest BCUT2D eigenvalue weighted by molar-refractivity contribution is 6.34. The summed E-state index contributed by atoms with van der Waals surface area (Å²) in [6.07, 6.45) is 3.61. The molecule has 1 aliphatic carbocycles. The van der Waals surface area contributed by atoms with Crippen LogP contribution in [0.4, 0.5) is 20.3 Å². The van der Waals surface area contributed by atoms with Crippen molar-refractivity contribution in [2.45, 2.75) is 38.6 Å². The van der Waals surface area contributed by atoms with Crippen molar-refractivity contribution in [3.05, 3.63) is 76.5 Å². The Hall–Kier alpha value is -3.46. The molecule has 0 spiro atoms. The van der Waals surface area contributed by atoms with Crippen molar-refractivity contribution in [3.63, 3.8) is 0 Å². The van der Waals surface area contributed by atoms with Crippen molar-refractivity contribution in [3.8, 4) is 0 Å². The van der Waals surface area contributed by atoms with Crippen molar-refractivity contribution in [1.29, 1.82) is 0 Å². The summed E-state index contributed by atoms with van der Waals surface area (Å²) in [7, 11) is 0. The van der Waals surface area contributed by atoms with Crippen LogP contribution in [0.3, 0.4) is 0 Å². The van der Waals surface area contributed by atoms with E-state index in [4.69, 9.17) is 17.3 Å². The Labute approximate surface area is 201 Å². The molecule has 10 heteroatoms. The van der Waals surface area contributed by atoms with E-state index < -0.39 is 23.5 Å². The first kappa shape index (κ1) is 25.2. The normalized spacial score (nSPS) is 14.4. The largest absolute Gasteiger partial charge is 0.383 e. The van der Waals surface area contributed by atoms with Crippen molar-refractivity contribution in [1.82, 2.24) is 15.1 Å². The molecule has 2 aromatic rings. The van der Waals surface area contributed by atoms with Gasteiger partial charge in [0.05, 0.1) is 22.9 Å². The number of carbonyl (C=O) groups is 2. The van der Waals surface area contributed by atoms with Crippen LogP contribution in [0.15, 0.2) is 65.9 Å². The Morgan fingerprint density at radius 2 is 2.03 bits per heavy atom. The number of nitrogens with one attached hydrogen (secondary N) is 2. The lowest BCUT2D eigenvalue weighted by Crippen LogP contribution is -2.28. The number of rotatable bonds is 9. The number of hydrogen-bond donors (Lipinski definition) is 3. The van der Waals surface area contributed by atoms with Gasteiger partial charge in [-0.1, -0.05) is 37.2 Å². The number of anilines is 2. The third kappa shape index (κ3) is 5.91. The number of halogens is 3. The number of carbonyl (C=O) groups excluding carboxylic acids is 2. The van der Waals surface area contributed by atoms with E-state index in [-0.39, 0.29) is 42.4 Å². The monoisotopic (exact) mass is 489 g/mol. The zero-order chi connectivity index (χ0) is 24.8. The second kappa shape index (κ2) is 11.1. The third-order valence-corrected chi connectivity index (χ3v) is 5.88. The summed E-state index contributed by atoms with van der Waals surface area (Å²) in [5.41, 5.74) is 7.71. The van der Waals surface area contributed by atoms with Crippen LogP contribution in [0.1, 0.15) is 49.0 Å². The molecular formula is C24H26ClF2N5O2. The second-order valence-electron chi connectivity index (χ2n) is 7.93. The number of aromatic nitrogens is 2. The molecule has 0 radical (unpaired) electrons. The number of benzene rings is 1. The van der Waals surface area contributed by atoms with Crippen LogP contribution in [0.5, 0.6) is 0 Å². The fourth-order valence-corrected chi connectivity index (χ4v) is 3.73. The van der Waals surface area contributed by atoms with Crippen LogP contribution in [0.2, 0.25) is 5.02 Å². The molecule has 2 amide bonds. The molecule has 34 heavy (non-hydrogen) atoms. The smallest absolute Gasteiger partial charge is 0.261 e. The van der Waals surface area contributed by atoms with E-state index in [9.17, 15) is 18.4 Å². The summed E-state index contributed by atoms with van der Waals surface area (Å²) in [6, 6.07) is 6.50. The highest BCUT2D eigenvalue weighted by Gasteiger charge is 2.23. The van der Waals surface area contributed by atoms with E-state index in [0.717, 1.165) is 6.08 Å². The minimum atomic E-state index is -0.899. The molecule has 0 saturated heterocycles. The number of nitrogens with zero attached hydrogens (tertiary/aromatic N) is 2. The summed E-state index contributed by atoms with van der Waals surface area (Å²) in [4.78, 5) is 25.2. The first-order valence-electron chi connectivity index (χ1n) is 10.8. The average Bonchev–Trinajstić information content (AvgIpc) is 3.20. The summed E-state index contributed by atoms with van der Waals surface area (Å²) < 4.78 is 28.0. The van der Waals surface area contributed by atoms with E-state index >= 15 is 0 Å². The van der Waals surface area contributed by atoms with Gasteiger partial charge in [0.15, 0.2) is 5.83 Å². The minimum absolute atomic E-state index is 0.0165. The van der Waals surface area contributed by atoms with Gasteiger partial charge in [-0.3, -0.25) is 9.59 Å². The first-order chi connectivity index (χ1) is 16.2. The van der Waals surface area contributed by atoms with Crippen LogP contribution >= 0.6 is 11.6 Å². The van der Waals surface area contributed by atoms with Gasteiger partial charge in [0.2, 0.25) is 5.91 Å². The number of allylic oxidation sites excluding steroid dienone is 3. The van der Waals surface area contributed by atoms with Gasteiger partial charge in [-0.2, -0.15) is 5.10 Å². The van der Waals surface area contributed by atoms with Gasteiger partial charge in [-0.05, 0) is 43.0 Å². The standard InChI is InChI=1S/C24H26ClF2N5O2/c1-3-16(10-14(2)23(33)29-12-15-8-9-19(26)20(27)11-15)32-22(28)17(13-30-32)24(34)31-21-7-5-4-6-18(21)25/h4-7,11,13,16H,2-3,8-10,12,28H2,1H3,(H,29,33)(H,31,34). The minimum Gasteiger partial charge on any atom is -0.383 e. The van der Waals surface area contributed by atoms with Crippen molar-refractivity contribution in [2.24, 2.45) is 0 Å². The van der Waals surface area contributed by atoms with Crippen molar-refractivity contribution >= 4 is 34.9 Å². The van der Waals surface area contributed by atoms with Gasteiger partial charge in [0, 0.05) is 18.5 Å². The van der Waals surface area contributed by atoms with Gasteiger partial charge < -0.3 is 16.4 Å². The lowest BCUT2D eigenvalue weighted by Gasteiger charge is -2.19. The molecule has 1 aliphatic rings. The molecule has 1 aromatic carbocycles. The zero-order valence-corrected chi connectivity index (χ0v) is 19.5. The highest BCUT2D eigenvalue weighted by Crippen LogP contribution is 2.28. The summed E-state index contributed by atoms with van der Waals surface area (Å²) in [5, 5.41) is 10.0. The molecule has 0 aliphatic heterocycles. The van der Waals surface area contributed by atoms with Crippen LogP contribution in [0, 0.1) is 0 Å². The SMILES string of the molecule is C=C(CC(CC)n1ncc(C(=O)Nc2ccccc2Cl)c1N)C(=O)NCC1=CC(F)=C(F)CC1. The quantitative estimate of drug-likeness (QED) is 0.418. The molecule has 4 N–H and O–H groups in total. The topological polar surface area (TPSA) is 102 Å². The molecule has 3 rings (SSSR count). The highest BCUT2D eigenvalue weighted by atomic mass is 35.5. The van der Waals surface area contributed by atoms with Gasteiger partial charge in [0.1, 0.15) is 17.2 Å². The Morgan fingerprint density at radius 3 is 2.71 bits per heavy atom. The maximum atomic E-state index is 13.4. The lowest BCUT2D eigenvalue weighted by atomic mass is 10.0. The van der Waals surface area contributed by atoms with E-state index in [1.54, 1.807) is 24.3 Å². The van der Waals surface area contributed by atoms with E-state index in [0.29, 0.717) is 29.1 Å². The fourth-order valence-electron chi connectivity index (χ4n) is 3.55. The second-order valence-corrected chi connectivity index (χ2v) is 8.34. The van der Waals surface area contributed by atoms with Crippen LogP contribution in [-0.4, -0.2) is 28.1 Å². The predicted octanol–water partition coefficient (Wildman–Crippen LogP) is 5.26. The van der Waals surface area contributed by atoms with Crippen LogP contribution in [0.25, 0.3) is 0 Å². The lowest BCUT2D eigenvalue weighted by molar-refractivity contribution is -0.117. The van der Waals surface area contributed by atoms with Gasteiger partial charge in [-0.15, -0.1) is 0 Å². The summed E-state index contributed by atoms with van der Waals surface area (Å²) in [5.74, 6) is -2.38. The number of para-hydroxylation sites is 1. The van der Waals surface area contributed by atoms with E-state index in [1.807, 2.05) is 6.92 Å². The average molecular weight is 490 g/mol. The molecule has 0 bridgehead atoms. The number of hydrogen-bond acceptors (Lipinski definition) is 4. The predicted molar refractivity (Wildman–Crippen MR) is 129 cm³/mol. The maximum absolute atomic E-state index is 13.4. The van der Waals surface area contributed by atoms with Crippen LogP contribution in [-0.2, 0) is 4.79 Å². The number of nitrogen functional groups attached to an aromatic ring is 1. The number of amides is 2. The number of nitrogens with two attached hydrogens (primary N) is 1. The van der Waals surface area contributed by atoms with Gasteiger partial charge in [-0.25, -0.2) is 13.5 Å². The van der Waals surface area contributed by atoms with Crippen molar-refractivity contribution in [2.75, 3.05) is 17.6 Å². The van der Waals surface area contributed by atoms with E-state index in [1.165, 1.54) is 10.9 Å². The first-order valence-corrected chi connectivity index (χ1v) is 11.2. The molecular weight excluding hydrogens is 464 g/mol. The van der Waals surface area contributed by atoms with Crippen molar-refractivity contribution < 1.29 is 18.4 Å². The molecule has 1 unspecified atom stereocenters. The summed E-state index contributed by atoms with van der Waals surface area (Å²) >= 11 is 6.09. The molecule has 1 heterocycles. The van der Waals surface area contributed by atoms with Gasteiger partial charge in [0.25, 0.3) is 5.91 Å². The molecule has 7 nitrogen and oxygen atoms in total. The molecule has 1 aromatic heterocycles. The Balaban J connectivity index is 1.63. The fraction of sp³-hybridized carbons (Fsp3) is 0.292. The Morgan fingerprint density at radius 1 is 1.29 bits per heavy atom. The zero-order valence-electron chi connectivity index (χ0n) is 18.7. The Kier molecular flexibility index (Phi) is 8.22. The van der Waals surface area contributed by atoms with Crippen LogP contribution < -0.4 is 16.4 Å². The van der Waals surface area contributed by atoms with E-state index in [2.05, 4.69) is 22.3 Å². The third-order valence-electron chi connectivity index (χ3n) is 5.55. The molecule has 1 atom stereocenters. The maximum Gasteiger partial charge on any atom is 0.261 e.